The SMILES string of the molecule is CCCC(NCC)C(C)c1ccccc1C(F)(F)F. The second kappa shape index (κ2) is 6.94. The van der Waals surface area contributed by atoms with E-state index in [9.17, 15) is 13.2 Å². The molecular formula is C15H22F3N. The molecule has 0 aliphatic rings. The van der Waals surface area contributed by atoms with Gasteiger partial charge in [0.15, 0.2) is 0 Å². The number of alkyl halides is 3. The van der Waals surface area contributed by atoms with Crippen molar-refractivity contribution < 1.29 is 13.2 Å². The molecule has 0 saturated heterocycles. The molecule has 1 aromatic rings. The quantitative estimate of drug-likeness (QED) is 0.799. The van der Waals surface area contributed by atoms with Gasteiger partial charge in [-0.25, -0.2) is 0 Å². The van der Waals surface area contributed by atoms with Crippen molar-refractivity contribution in [3.8, 4) is 0 Å². The molecule has 0 saturated carbocycles. The molecule has 0 heterocycles. The molecule has 4 heteroatoms. The van der Waals surface area contributed by atoms with Crippen LogP contribution in [0.2, 0.25) is 0 Å². The van der Waals surface area contributed by atoms with Crippen LogP contribution in [0.1, 0.15) is 50.7 Å². The van der Waals surface area contributed by atoms with E-state index in [1.807, 2.05) is 20.8 Å². The van der Waals surface area contributed by atoms with Crippen molar-refractivity contribution in [1.82, 2.24) is 5.32 Å². The molecule has 1 nitrogen and oxygen atoms in total. The zero-order chi connectivity index (χ0) is 14.5. The molecule has 1 aromatic carbocycles. The fourth-order valence-electron chi connectivity index (χ4n) is 2.47. The van der Waals surface area contributed by atoms with E-state index in [0.29, 0.717) is 5.56 Å². The maximum absolute atomic E-state index is 13.0. The number of rotatable bonds is 6. The second-order valence-electron chi connectivity index (χ2n) is 4.83. The zero-order valence-electron chi connectivity index (χ0n) is 11.7. The van der Waals surface area contributed by atoms with Crippen LogP contribution >= 0.6 is 0 Å². The molecule has 0 aromatic heterocycles. The van der Waals surface area contributed by atoms with Crippen molar-refractivity contribution in [3.05, 3.63) is 35.4 Å². The van der Waals surface area contributed by atoms with Crippen molar-refractivity contribution in [2.45, 2.75) is 51.7 Å². The number of nitrogens with one attached hydrogen (secondary N) is 1. The van der Waals surface area contributed by atoms with Gasteiger partial charge in [-0.3, -0.25) is 0 Å². The standard InChI is InChI=1S/C15H22F3N/c1-4-8-14(19-5-2)11(3)12-9-6-7-10-13(12)15(16,17)18/h6-7,9-11,14,19H,4-5,8H2,1-3H3. The molecule has 0 aliphatic carbocycles. The molecule has 0 radical (unpaired) electrons. The third-order valence-electron chi connectivity index (χ3n) is 3.43. The van der Waals surface area contributed by atoms with E-state index in [2.05, 4.69) is 5.32 Å². The summed E-state index contributed by atoms with van der Waals surface area (Å²) in [4.78, 5) is 0. The number of hydrogen-bond acceptors (Lipinski definition) is 1. The Morgan fingerprint density at radius 1 is 1.16 bits per heavy atom. The fraction of sp³-hybridized carbons (Fsp3) is 0.600. The fourth-order valence-corrected chi connectivity index (χ4v) is 2.47. The molecule has 1 N–H and O–H groups in total. The summed E-state index contributed by atoms with van der Waals surface area (Å²) in [5.74, 6) is -0.155. The summed E-state index contributed by atoms with van der Waals surface area (Å²) in [7, 11) is 0. The van der Waals surface area contributed by atoms with Crippen molar-refractivity contribution in [1.29, 1.82) is 0 Å². The van der Waals surface area contributed by atoms with Gasteiger partial charge in [0.1, 0.15) is 0 Å². The van der Waals surface area contributed by atoms with E-state index < -0.39 is 11.7 Å². The van der Waals surface area contributed by atoms with Gasteiger partial charge in [0.2, 0.25) is 0 Å². The summed E-state index contributed by atoms with van der Waals surface area (Å²) < 4.78 is 39.1. The lowest BCUT2D eigenvalue weighted by Gasteiger charge is -2.27. The predicted octanol–water partition coefficient (Wildman–Crippen LogP) is 4.59. The van der Waals surface area contributed by atoms with Crippen LogP contribution in [0, 0.1) is 0 Å². The lowest BCUT2D eigenvalue weighted by molar-refractivity contribution is -0.138. The van der Waals surface area contributed by atoms with E-state index in [0.717, 1.165) is 19.4 Å². The lowest BCUT2D eigenvalue weighted by Crippen LogP contribution is -2.34. The second-order valence-corrected chi connectivity index (χ2v) is 4.83. The van der Waals surface area contributed by atoms with E-state index in [1.165, 1.54) is 12.1 Å². The van der Waals surface area contributed by atoms with Gasteiger partial charge in [0.05, 0.1) is 5.56 Å². The molecule has 0 bridgehead atoms. The maximum Gasteiger partial charge on any atom is 0.416 e. The van der Waals surface area contributed by atoms with Gasteiger partial charge in [-0.05, 0) is 30.5 Å². The highest BCUT2D eigenvalue weighted by atomic mass is 19.4. The van der Waals surface area contributed by atoms with E-state index in [1.54, 1.807) is 12.1 Å². The van der Waals surface area contributed by atoms with Crippen LogP contribution in [0.3, 0.4) is 0 Å². The van der Waals surface area contributed by atoms with Crippen LogP contribution in [0.25, 0.3) is 0 Å². The Hall–Kier alpha value is -1.03. The first-order valence-electron chi connectivity index (χ1n) is 6.81. The van der Waals surface area contributed by atoms with Gasteiger partial charge in [0.25, 0.3) is 0 Å². The molecule has 108 valence electrons. The number of likely N-dealkylation sites (N-methyl/N-ethyl adjacent to an activating group) is 1. The summed E-state index contributed by atoms with van der Waals surface area (Å²) >= 11 is 0. The van der Waals surface area contributed by atoms with E-state index in [-0.39, 0.29) is 12.0 Å². The highest BCUT2D eigenvalue weighted by molar-refractivity contribution is 5.33. The number of hydrogen-bond donors (Lipinski definition) is 1. The molecule has 2 atom stereocenters. The minimum Gasteiger partial charge on any atom is -0.314 e. The molecule has 19 heavy (non-hydrogen) atoms. The Morgan fingerprint density at radius 2 is 1.79 bits per heavy atom. The topological polar surface area (TPSA) is 12.0 Å². The van der Waals surface area contributed by atoms with Crippen LogP contribution in [0.5, 0.6) is 0 Å². The lowest BCUT2D eigenvalue weighted by atomic mass is 9.87. The zero-order valence-corrected chi connectivity index (χ0v) is 11.7. The average molecular weight is 273 g/mol. The molecule has 0 spiro atoms. The van der Waals surface area contributed by atoms with E-state index in [4.69, 9.17) is 0 Å². The Balaban J connectivity index is 3.06. The Bertz CT molecular complexity index is 381. The molecule has 0 amide bonds. The van der Waals surface area contributed by atoms with Gasteiger partial charge in [-0.2, -0.15) is 13.2 Å². The van der Waals surface area contributed by atoms with Crippen LogP contribution in [0.15, 0.2) is 24.3 Å². The Kier molecular flexibility index (Phi) is 5.85. The first-order chi connectivity index (χ1) is 8.91. The van der Waals surface area contributed by atoms with Crippen LogP contribution in [-0.2, 0) is 6.18 Å². The van der Waals surface area contributed by atoms with Crippen LogP contribution < -0.4 is 5.32 Å². The summed E-state index contributed by atoms with van der Waals surface area (Å²) in [6, 6.07) is 5.96. The monoisotopic (exact) mass is 273 g/mol. The minimum absolute atomic E-state index is 0.0819. The first-order valence-corrected chi connectivity index (χ1v) is 6.81. The molecule has 2 unspecified atom stereocenters. The Labute approximate surface area is 113 Å². The largest absolute Gasteiger partial charge is 0.416 e. The van der Waals surface area contributed by atoms with Crippen molar-refractivity contribution >= 4 is 0 Å². The van der Waals surface area contributed by atoms with Crippen LogP contribution in [0.4, 0.5) is 13.2 Å². The molecule has 0 fully saturated rings. The van der Waals surface area contributed by atoms with Gasteiger partial charge < -0.3 is 5.32 Å². The van der Waals surface area contributed by atoms with Crippen molar-refractivity contribution in [2.75, 3.05) is 6.54 Å². The van der Waals surface area contributed by atoms with E-state index >= 15 is 0 Å². The Morgan fingerprint density at radius 3 is 2.32 bits per heavy atom. The summed E-state index contributed by atoms with van der Waals surface area (Å²) in [6.45, 7) is 6.66. The maximum atomic E-state index is 13.0. The highest BCUT2D eigenvalue weighted by Crippen LogP contribution is 2.36. The molecular weight excluding hydrogens is 251 g/mol. The first kappa shape index (κ1) is 16.0. The van der Waals surface area contributed by atoms with Gasteiger partial charge in [-0.15, -0.1) is 0 Å². The van der Waals surface area contributed by atoms with Crippen molar-refractivity contribution in [3.63, 3.8) is 0 Å². The molecule has 0 aliphatic heterocycles. The van der Waals surface area contributed by atoms with Gasteiger partial charge >= 0.3 is 6.18 Å². The normalized spacial score (nSPS) is 15.3. The molecule has 1 rings (SSSR count). The summed E-state index contributed by atoms with van der Waals surface area (Å²) in [5.41, 5.74) is -0.129. The van der Waals surface area contributed by atoms with Gasteiger partial charge in [-0.1, -0.05) is 45.4 Å². The minimum atomic E-state index is -4.28. The number of halogens is 3. The van der Waals surface area contributed by atoms with Gasteiger partial charge in [0, 0.05) is 6.04 Å². The van der Waals surface area contributed by atoms with Crippen LogP contribution in [-0.4, -0.2) is 12.6 Å². The third-order valence-corrected chi connectivity index (χ3v) is 3.43. The highest BCUT2D eigenvalue weighted by Gasteiger charge is 2.35. The average Bonchev–Trinajstić information content (AvgIpc) is 2.37. The third kappa shape index (κ3) is 4.23. The predicted molar refractivity (Wildman–Crippen MR) is 72.2 cm³/mol. The summed E-state index contributed by atoms with van der Waals surface area (Å²) in [6.07, 6.45) is -2.45. The smallest absolute Gasteiger partial charge is 0.314 e. The number of benzene rings is 1. The summed E-state index contributed by atoms with van der Waals surface area (Å²) in [5, 5.41) is 3.29. The van der Waals surface area contributed by atoms with Crippen molar-refractivity contribution in [2.24, 2.45) is 0 Å².